The van der Waals surface area contributed by atoms with Gasteiger partial charge in [-0.3, -0.25) is 0 Å². The summed E-state index contributed by atoms with van der Waals surface area (Å²) in [5, 5.41) is 5.67. The van der Waals surface area contributed by atoms with E-state index in [1.54, 1.807) is 0 Å². The average molecular weight is 262 g/mol. The quantitative estimate of drug-likeness (QED) is 0.723. The molecular formula is C20H22. The summed E-state index contributed by atoms with van der Waals surface area (Å²) in [6, 6.07) is 9.09. The summed E-state index contributed by atoms with van der Waals surface area (Å²) in [7, 11) is 0. The molecule has 0 saturated carbocycles. The van der Waals surface area contributed by atoms with Crippen molar-refractivity contribution >= 4 is 22.9 Å². The highest BCUT2D eigenvalue weighted by Crippen LogP contribution is 2.27. The molecule has 0 saturated heterocycles. The van der Waals surface area contributed by atoms with Crippen LogP contribution in [0.1, 0.15) is 44.2 Å². The van der Waals surface area contributed by atoms with E-state index in [4.69, 9.17) is 0 Å². The molecule has 0 spiro atoms. The Hall–Kier alpha value is -1.82. The van der Waals surface area contributed by atoms with Crippen LogP contribution in [-0.2, 0) is 0 Å². The van der Waals surface area contributed by atoms with Crippen LogP contribution in [0, 0.1) is 6.92 Å². The van der Waals surface area contributed by atoms with Crippen molar-refractivity contribution in [2.24, 2.45) is 0 Å². The monoisotopic (exact) mass is 262 g/mol. The number of aryl methyl sites for hydroxylation is 1. The third kappa shape index (κ3) is 2.10. The smallest absolute Gasteiger partial charge is 0.00711 e. The summed E-state index contributed by atoms with van der Waals surface area (Å²) < 4.78 is 0. The van der Waals surface area contributed by atoms with Gasteiger partial charge in [0.1, 0.15) is 0 Å². The first-order valence-corrected chi connectivity index (χ1v) is 7.45. The van der Waals surface area contributed by atoms with E-state index >= 15 is 0 Å². The van der Waals surface area contributed by atoms with Crippen molar-refractivity contribution in [3.05, 3.63) is 57.5 Å². The van der Waals surface area contributed by atoms with Crippen molar-refractivity contribution in [3.63, 3.8) is 0 Å². The molecule has 20 heavy (non-hydrogen) atoms. The molecular weight excluding hydrogens is 240 g/mol. The predicted octanol–water partition coefficient (Wildman–Crippen LogP) is 4.18. The summed E-state index contributed by atoms with van der Waals surface area (Å²) in [5.74, 6) is 0.602. The summed E-state index contributed by atoms with van der Waals surface area (Å²) in [4.78, 5) is 0. The molecule has 0 amide bonds. The molecule has 0 radical (unpaired) electrons. The van der Waals surface area contributed by atoms with Crippen LogP contribution in [0.25, 0.3) is 22.9 Å². The third-order valence-corrected chi connectivity index (χ3v) is 4.29. The molecule has 0 aliphatic heterocycles. The zero-order valence-corrected chi connectivity index (χ0v) is 12.8. The first-order chi connectivity index (χ1) is 9.58. The molecule has 1 unspecified atom stereocenters. The Morgan fingerprint density at radius 2 is 1.95 bits per heavy atom. The molecule has 1 atom stereocenters. The number of allylic oxidation sites excluding steroid dienone is 2. The molecule has 1 aliphatic rings. The lowest BCUT2D eigenvalue weighted by Gasteiger charge is -2.20. The molecule has 0 aromatic heterocycles. The second-order valence-electron chi connectivity index (χ2n) is 6.21. The van der Waals surface area contributed by atoms with Gasteiger partial charge in [-0.15, -0.1) is 0 Å². The van der Waals surface area contributed by atoms with Gasteiger partial charge in [0.05, 0.1) is 0 Å². The van der Waals surface area contributed by atoms with Crippen LogP contribution in [0.15, 0.2) is 35.9 Å². The molecule has 1 aliphatic carbocycles. The Morgan fingerprint density at radius 3 is 2.70 bits per heavy atom. The van der Waals surface area contributed by atoms with E-state index in [-0.39, 0.29) is 0 Å². The molecule has 0 heterocycles. The van der Waals surface area contributed by atoms with Crippen LogP contribution in [-0.4, -0.2) is 0 Å². The van der Waals surface area contributed by atoms with E-state index in [0.717, 1.165) is 6.42 Å². The van der Waals surface area contributed by atoms with Crippen molar-refractivity contribution in [2.75, 3.05) is 0 Å². The number of hydrogen-bond acceptors (Lipinski definition) is 0. The minimum atomic E-state index is 0.602. The second-order valence-corrected chi connectivity index (χ2v) is 6.21. The topological polar surface area (TPSA) is 0 Å². The van der Waals surface area contributed by atoms with Crippen molar-refractivity contribution < 1.29 is 0 Å². The van der Waals surface area contributed by atoms with E-state index < -0.39 is 0 Å². The van der Waals surface area contributed by atoms with E-state index in [2.05, 4.69) is 70.2 Å². The molecule has 102 valence electrons. The Kier molecular flexibility index (Phi) is 3.25. The minimum Gasteiger partial charge on any atom is -0.0764 e. The average Bonchev–Trinajstić information content (AvgIpc) is 2.43. The SMILES string of the molecule is CC(C)=C/C=c1/ccc2c(C)ccc3c2c1C(C)CC=3. The third-order valence-electron chi connectivity index (χ3n) is 4.29. The van der Waals surface area contributed by atoms with Gasteiger partial charge in [0.25, 0.3) is 0 Å². The molecule has 0 nitrogen and oxygen atoms in total. The first-order valence-electron chi connectivity index (χ1n) is 7.45. The largest absolute Gasteiger partial charge is 0.0764 e. The molecule has 2 aromatic rings. The first kappa shape index (κ1) is 13.2. The van der Waals surface area contributed by atoms with Gasteiger partial charge in [0.15, 0.2) is 0 Å². The Balaban J connectivity index is 2.48. The normalized spacial score (nSPS) is 18.0. The van der Waals surface area contributed by atoms with Gasteiger partial charge in [-0.2, -0.15) is 0 Å². The summed E-state index contributed by atoms with van der Waals surface area (Å²) in [5.41, 5.74) is 4.25. The Labute approximate surface area is 121 Å². The maximum absolute atomic E-state index is 2.39. The highest BCUT2D eigenvalue weighted by atomic mass is 14.2. The maximum atomic E-state index is 2.39. The minimum absolute atomic E-state index is 0.602. The van der Waals surface area contributed by atoms with Crippen LogP contribution in [0.3, 0.4) is 0 Å². The predicted molar refractivity (Wildman–Crippen MR) is 89.3 cm³/mol. The fourth-order valence-electron chi connectivity index (χ4n) is 3.19. The van der Waals surface area contributed by atoms with Crippen molar-refractivity contribution in [3.8, 4) is 0 Å². The molecule has 0 bridgehead atoms. The van der Waals surface area contributed by atoms with E-state index in [1.165, 1.54) is 37.9 Å². The number of hydrogen-bond donors (Lipinski definition) is 0. The van der Waals surface area contributed by atoms with Gasteiger partial charge >= 0.3 is 0 Å². The van der Waals surface area contributed by atoms with Crippen molar-refractivity contribution in [1.82, 2.24) is 0 Å². The standard InChI is InChI=1S/C20H22/c1-13(2)5-8-16-11-12-18-14(3)6-9-17-10-7-15(4)19(16)20(17)18/h5-6,8-12,15H,7H2,1-4H3/b16-8-. The zero-order valence-electron chi connectivity index (χ0n) is 12.8. The van der Waals surface area contributed by atoms with Gasteiger partial charge in [-0.25, -0.2) is 0 Å². The fraction of sp³-hybridized carbons (Fsp3) is 0.300. The Bertz CT molecular complexity index is 815. The van der Waals surface area contributed by atoms with Gasteiger partial charge in [0.2, 0.25) is 0 Å². The summed E-state index contributed by atoms with van der Waals surface area (Å²) >= 11 is 0. The van der Waals surface area contributed by atoms with E-state index in [0.29, 0.717) is 5.92 Å². The lowest BCUT2D eigenvalue weighted by atomic mass is 9.84. The molecule has 0 N–H and O–H groups in total. The number of rotatable bonds is 1. The van der Waals surface area contributed by atoms with Crippen molar-refractivity contribution in [2.45, 2.75) is 40.0 Å². The highest BCUT2D eigenvalue weighted by Gasteiger charge is 2.15. The second kappa shape index (κ2) is 4.94. The van der Waals surface area contributed by atoms with E-state index in [1.807, 2.05) is 0 Å². The highest BCUT2D eigenvalue weighted by molar-refractivity contribution is 5.91. The molecule has 2 aromatic carbocycles. The van der Waals surface area contributed by atoms with E-state index in [9.17, 15) is 0 Å². The van der Waals surface area contributed by atoms with Crippen LogP contribution in [0.4, 0.5) is 0 Å². The lowest BCUT2D eigenvalue weighted by molar-refractivity contribution is 0.796. The van der Waals surface area contributed by atoms with Crippen LogP contribution in [0.2, 0.25) is 0 Å². The van der Waals surface area contributed by atoms with Gasteiger partial charge in [-0.1, -0.05) is 55.0 Å². The van der Waals surface area contributed by atoms with Gasteiger partial charge in [-0.05, 0) is 65.4 Å². The number of benzene rings is 2. The van der Waals surface area contributed by atoms with Gasteiger partial charge < -0.3 is 0 Å². The lowest BCUT2D eigenvalue weighted by Crippen LogP contribution is -2.21. The van der Waals surface area contributed by atoms with Crippen LogP contribution >= 0.6 is 0 Å². The molecule has 0 heteroatoms. The zero-order chi connectivity index (χ0) is 14.3. The molecule has 0 fully saturated rings. The van der Waals surface area contributed by atoms with Gasteiger partial charge in [0, 0.05) is 0 Å². The molecule has 3 rings (SSSR count). The van der Waals surface area contributed by atoms with Crippen LogP contribution < -0.4 is 10.4 Å². The van der Waals surface area contributed by atoms with Crippen LogP contribution in [0.5, 0.6) is 0 Å². The maximum Gasteiger partial charge on any atom is -0.00711 e. The summed E-state index contributed by atoms with van der Waals surface area (Å²) in [6.45, 7) is 8.85. The Morgan fingerprint density at radius 1 is 1.15 bits per heavy atom. The summed E-state index contributed by atoms with van der Waals surface area (Å²) in [6.07, 6.45) is 8.03. The fourth-order valence-corrected chi connectivity index (χ4v) is 3.19. The van der Waals surface area contributed by atoms with Crippen molar-refractivity contribution in [1.29, 1.82) is 0 Å².